The van der Waals surface area contributed by atoms with Gasteiger partial charge in [0.05, 0.1) is 0 Å². The minimum Gasteiger partial charge on any atom is -0.377 e. The number of halogens is 1. The molecule has 1 N–H and O–H groups in total. The van der Waals surface area contributed by atoms with Crippen LogP contribution in [0.5, 0.6) is 0 Å². The number of anilines is 2. The topological polar surface area (TPSA) is 52.7 Å². The van der Waals surface area contributed by atoms with Crippen LogP contribution in [0, 0.1) is 11.2 Å². The molecule has 0 saturated carbocycles. The number of nitrogens with zero attached hydrogens (tertiary/aromatic N) is 2. The van der Waals surface area contributed by atoms with Crippen molar-refractivity contribution in [1.82, 2.24) is 4.90 Å². The van der Waals surface area contributed by atoms with Crippen LogP contribution in [0.3, 0.4) is 0 Å². The van der Waals surface area contributed by atoms with E-state index < -0.39 is 5.82 Å². The second kappa shape index (κ2) is 10.4. The fraction of sp³-hybridized carbons (Fsp3) is 0.440. The highest BCUT2D eigenvalue weighted by molar-refractivity contribution is 6.04. The largest absolute Gasteiger partial charge is 0.377 e. The summed E-state index contributed by atoms with van der Waals surface area (Å²) in [5.74, 6) is -0.714. The van der Waals surface area contributed by atoms with Crippen molar-refractivity contribution in [3.05, 3.63) is 59.4 Å². The van der Waals surface area contributed by atoms with Gasteiger partial charge in [-0.05, 0) is 53.8 Å². The van der Waals surface area contributed by atoms with Crippen molar-refractivity contribution in [2.45, 2.75) is 47.1 Å². The summed E-state index contributed by atoms with van der Waals surface area (Å²) in [5, 5.41) is 2.84. The average Bonchev–Trinajstić information content (AvgIpc) is 2.66. The Labute approximate surface area is 185 Å². The first-order valence-electron chi connectivity index (χ1n) is 10.6. The Morgan fingerprint density at radius 2 is 1.77 bits per heavy atom. The highest BCUT2D eigenvalue weighted by Gasteiger charge is 2.22. The molecule has 2 aromatic carbocycles. The lowest BCUT2D eigenvalue weighted by Crippen LogP contribution is -2.34. The highest BCUT2D eigenvalue weighted by atomic mass is 19.1. The van der Waals surface area contributed by atoms with E-state index in [0.29, 0.717) is 25.2 Å². The van der Waals surface area contributed by atoms with Crippen LogP contribution in [0.1, 0.15) is 56.5 Å². The van der Waals surface area contributed by atoms with Gasteiger partial charge in [0.1, 0.15) is 5.82 Å². The molecule has 0 spiro atoms. The summed E-state index contributed by atoms with van der Waals surface area (Å²) in [5.41, 5.74) is 2.70. The monoisotopic (exact) mass is 427 g/mol. The molecule has 31 heavy (non-hydrogen) atoms. The Bertz CT molecular complexity index is 919. The molecule has 168 valence electrons. The summed E-state index contributed by atoms with van der Waals surface area (Å²) in [7, 11) is 3.90. The molecular formula is C25H34FN3O2. The second-order valence-electron chi connectivity index (χ2n) is 9.26. The van der Waals surface area contributed by atoms with Crippen LogP contribution in [0.2, 0.25) is 0 Å². The minimum absolute atomic E-state index is 0.0891. The zero-order valence-corrected chi connectivity index (χ0v) is 19.5. The standard InChI is InChI=1S/C25H34FN3O2/c1-7-13-29(23(30)16-25(2,3)4)17-19-15-21(11-12-22(19)28(5)6)27-24(31)18-9-8-10-20(26)14-18/h8-12,14-15H,7,13,16-17H2,1-6H3,(H,27,31). The van der Waals surface area contributed by atoms with Crippen LogP contribution in [0.25, 0.3) is 0 Å². The Hall–Kier alpha value is -2.89. The van der Waals surface area contributed by atoms with Gasteiger partial charge in [0, 0.05) is 50.5 Å². The molecule has 6 heteroatoms. The van der Waals surface area contributed by atoms with Crippen LogP contribution >= 0.6 is 0 Å². The van der Waals surface area contributed by atoms with Gasteiger partial charge >= 0.3 is 0 Å². The molecule has 2 aromatic rings. The second-order valence-corrected chi connectivity index (χ2v) is 9.26. The molecule has 0 aliphatic heterocycles. The van der Waals surface area contributed by atoms with Gasteiger partial charge in [-0.2, -0.15) is 0 Å². The highest BCUT2D eigenvalue weighted by Crippen LogP contribution is 2.27. The summed E-state index contributed by atoms with van der Waals surface area (Å²) in [6, 6.07) is 11.2. The predicted octanol–water partition coefficient (Wildman–Crippen LogP) is 5.32. The number of rotatable bonds is 8. The minimum atomic E-state index is -0.455. The van der Waals surface area contributed by atoms with Crippen molar-refractivity contribution in [2.75, 3.05) is 30.9 Å². The van der Waals surface area contributed by atoms with Crippen LogP contribution in [-0.2, 0) is 11.3 Å². The van der Waals surface area contributed by atoms with Crippen molar-refractivity contribution in [1.29, 1.82) is 0 Å². The smallest absolute Gasteiger partial charge is 0.255 e. The number of carbonyl (C=O) groups is 2. The third-order valence-corrected chi connectivity index (χ3v) is 4.79. The fourth-order valence-corrected chi connectivity index (χ4v) is 3.39. The Morgan fingerprint density at radius 3 is 2.35 bits per heavy atom. The molecule has 0 aliphatic rings. The summed E-state index contributed by atoms with van der Waals surface area (Å²) in [6.45, 7) is 9.36. The van der Waals surface area contributed by atoms with Crippen LogP contribution in [0.4, 0.5) is 15.8 Å². The Balaban J connectivity index is 2.29. The zero-order chi connectivity index (χ0) is 23.2. The van der Waals surface area contributed by atoms with Gasteiger partial charge in [-0.3, -0.25) is 9.59 Å². The van der Waals surface area contributed by atoms with E-state index in [0.717, 1.165) is 17.7 Å². The van der Waals surface area contributed by atoms with E-state index in [-0.39, 0.29) is 22.8 Å². The number of carbonyl (C=O) groups excluding carboxylic acids is 2. The molecule has 0 aliphatic carbocycles. The van der Waals surface area contributed by atoms with E-state index in [1.807, 2.05) is 42.1 Å². The third kappa shape index (κ3) is 7.39. The number of hydrogen-bond donors (Lipinski definition) is 1. The quantitative estimate of drug-likeness (QED) is 0.620. The lowest BCUT2D eigenvalue weighted by molar-refractivity contribution is -0.133. The molecular weight excluding hydrogens is 393 g/mol. The maximum atomic E-state index is 13.5. The van der Waals surface area contributed by atoms with Gasteiger partial charge in [-0.1, -0.05) is 33.8 Å². The molecule has 2 rings (SSSR count). The van der Waals surface area contributed by atoms with Gasteiger partial charge in [0.25, 0.3) is 5.91 Å². The normalized spacial score (nSPS) is 11.2. The number of nitrogens with one attached hydrogen (secondary N) is 1. The van der Waals surface area contributed by atoms with E-state index in [4.69, 9.17) is 0 Å². The molecule has 5 nitrogen and oxygen atoms in total. The maximum Gasteiger partial charge on any atom is 0.255 e. The van der Waals surface area contributed by atoms with Gasteiger partial charge in [-0.15, -0.1) is 0 Å². The molecule has 0 aromatic heterocycles. The Morgan fingerprint density at radius 1 is 1.06 bits per heavy atom. The van der Waals surface area contributed by atoms with Crippen molar-refractivity contribution in [3.8, 4) is 0 Å². The molecule has 0 atom stereocenters. The van der Waals surface area contributed by atoms with E-state index in [1.54, 1.807) is 6.07 Å². The molecule has 0 unspecified atom stereocenters. The van der Waals surface area contributed by atoms with E-state index in [1.165, 1.54) is 18.2 Å². The van der Waals surface area contributed by atoms with Gasteiger partial charge in [-0.25, -0.2) is 4.39 Å². The van der Waals surface area contributed by atoms with E-state index in [9.17, 15) is 14.0 Å². The number of hydrogen-bond acceptors (Lipinski definition) is 3. The van der Waals surface area contributed by atoms with Crippen LogP contribution < -0.4 is 10.2 Å². The summed E-state index contributed by atoms with van der Waals surface area (Å²) >= 11 is 0. The van der Waals surface area contributed by atoms with Gasteiger partial charge < -0.3 is 15.1 Å². The summed E-state index contributed by atoms with van der Waals surface area (Å²) in [4.78, 5) is 29.3. The van der Waals surface area contributed by atoms with Crippen LogP contribution in [-0.4, -0.2) is 37.4 Å². The SMILES string of the molecule is CCCN(Cc1cc(NC(=O)c2cccc(F)c2)ccc1N(C)C)C(=O)CC(C)(C)C. The molecule has 2 amide bonds. The third-order valence-electron chi connectivity index (χ3n) is 4.79. The van der Waals surface area contributed by atoms with Crippen molar-refractivity contribution in [2.24, 2.45) is 5.41 Å². The molecule has 0 saturated heterocycles. The van der Waals surface area contributed by atoms with Crippen molar-refractivity contribution in [3.63, 3.8) is 0 Å². The predicted molar refractivity (Wildman–Crippen MR) is 125 cm³/mol. The van der Waals surface area contributed by atoms with Crippen molar-refractivity contribution < 1.29 is 14.0 Å². The van der Waals surface area contributed by atoms with Crippen molar-refractivity contribution >= 4 is 23.2 Å². The number of amides is 2. The number of benzene rings is 2. The summed E-state index contributed by atoms with van der Waals surface area (Å²) < 4.78 is 13.5. The zero-order valence-electron chi connectivity index (χ0n) is 19.5. The lowest BCUT2D eigenvalue weighted by atomic mass is 9.91. The van der Waals surface area contributed by atoms with Crippen LogP contribution in [0.15, 0.2) is 42.5 Å². The first-order chi connectivity index (χ1) is 14.5. The van der Waals surface area contributed by atoms with Gasteiger partial charge in [0.2, 0.25) is 5.91 Å². The molecule has 0 bridgehead atoms. The maximum absolute atomic E-state index is 13.5. The molecule has 0 fully saturated rings. The van der Waals surface area contributed by atoms with Gasteiger partial charge in [0.15, 0.2) is 0 Å². The lowest BCUT2D eigenvalue weighted by Gasteiger charge is -2.28. The fourth-order valence-electron chi connectivity index (χ4n) is 3.39. The first kappa shape index (κ1) is 24.4. The van der Waals surface area contributed by atoms with E-state index >= 15 is 0 Å². The average molecular weight is 428 g/mol. The molecule has 0 radical (unpaired) electrons. The summed E-state index contributed by atoms with van der Waals surface area (Å²) in [6.07, 6.45) is 1.34. The Kier molecular flexibility index (Phi) is 8.20. The van der Waals surface area contributed by atoms with E-state index in [2.05, 4.69) is 33.0 Å². The first-order valence-corrected chi connectivity index (χ1v) is 10.6. The molecule has 0 heterocycles.